The normalized spacial score (nSPS) is 12.0. The van der Waals surface area contributed by atoms with E-state index in [1.54, 1.807) is 7.11 Å². The van der Waals surface area contributed by atoms with Gasteiger partial charge in [-0.25, -0.2) is 0 Å². The van der Waals surface area contributed by atoms with Crippen LogP contribution in [0.5, 0.6) is 5.75 Å². The Kier molecular flexibility index (Phi) is 5.99. The van der Waals surface area contributed by atoms with E-state index in [0.717, 1.165) is 17.1 Å². The number of hydrogen-bond acceptors (Lipinski definition) is 6. The Morgan fingerprint density at radius 1 is 1.11 bits per heavy atom. The number of methoxy groups -OCH3 is 1. The zero-order chi connectivity index (χ0) is 20.3. The first-order valence-electron chi connectivity index (χ1n) is 8.81. The van der Waals surface area contributed by atoms with E-state index in [2.05, 4.69) is 36.2 Å². The molecule has 0 aliphatic carbocycles. The highest BCUT2D eigenvalue weighted by molar-refractivity contribution is 7.99. The number of ether oxygens (including phenoxy) is 1. The van der Waals surface area contributed by atoms with E-state index in [1.165, 1.54) is 22.9 Å². The first kappa shape index (κ1) is 19.9. The zero-order valence-corrected chi connectivity index (χ0v) is 17.1. The Bertz CT molecular complexity index is 986. The molecular formula is C20H22N4O3S. The van der Waals surface area contributed by atoms with Crippen LogP contribution in [0, 0.1) is 30.9 Å². The molecule has 0 radical (unpaired) electrons. The number of benzene rings is 2. The predicted molar refractivity (Wildman–Crippen MR) is 109 cm³/mol. The van der Waals surface area contributed by atoms with Crippen molar-refractivity contribution in [2.75, 3.05) is 13.7 Å². The Morgan fingerprint density at radius 2 is 1.82 bits per heavy atom. The summed E-state index contributed by atoms with van der Waals surface area (Å²) in [5, 5.41) is 20.0. The molecule has 0 amide bonds. The van der Waals surface area contributed by atoms with Crippen molar-refractivity contribution < 1.29 is 9.66 Å². The van der Waals surface area contributed by atoms with Gasteiger partial charge in [0.1, 0.15) is 16.8 Å². The van der Waals surface area contributed by atoms with Gasteiger partial charge >= 0.3 is 0 Å². The molecule has 0 aliphatic heterocycles. The van der Waals surface area contributed by atoms with Crippen LogP contribution in [0.4, 0.5) is 0 Å². The van der Waals surface area contributed by atoms with Gasteiger partial charge in [0.15, 0.2) is 5.16 Å². The summed E-state index contributed by atoms with van der Waals surface area (Å²) in [6, 6.07) is 13.5. The van der Waals surface area contributed by atoms with E-state index in [9.17, 15) is 10.1 Å². The van der Waals surface area contributed by atoms with Crippen molar-refractivity contribution >= 4 is 11.8 Å². The molecule has 0 saturated carbocycles. The number of thioether (sulfide) groups is 1. The quantitative estimate of drug-likeness (QED) is 0.335. The van der Waals surface area contributed by atoms with Crippen LogP contribution in [-0.4, -0.2) is 33.3 Å². The van der Waals surface area contributed by atoms with E-state index in [4.69, 9.17) is 4.74 Å². The fraction of sp³-hybridized carbons (Fsp3) is 0.300. The summed E-state index contributed by atoms with van der Waals surface area (Å²) in [4.78, 5) is 11.0. The fourth-order valence-electron chi connectivity index (χ4n) is 2.87. The number of aryl methyl sites for hydroxylation is 3. The van der Waals surface area contributed by atoms with Crippen molar-refractivity contribution in [3.63, 3.8) is 0 Å². The van der Waals surface area contributed by atoms with Crippen molar-refractivity contribution in [2.24, 2.45) is 0 Å². The molecule has 3 rings (SSSR count). The molecule has 0 N–H and O–H groups in total. The van der Waals surface area contributed by atoms with Crippen LogP contribution >= 0.6 is 11.8 Å². The van der Waals surface area contributed by atoms with Gasteiger partial charge in [0.05, 0.1) is 7.11 Å². The standard InChI is InChI=1S/C20H22N4O3S/c1-13-5-8-17(11-14(13)2)24-15(3)21-22-20(24)28-19(12-23(25)26)16-6-9-18(27-4)10-7-16/h5-11,19H,12H2,1-4H3/t19-/m1/s1. The molecule has 2 aromatic carbocycles. The second kappa shape index (κ2) is 8.43. The molecule has 0 unspecified atom stereocenters. The number of nitrogens with zero attached hydrogens (tertiary/aromatic N) is 4. The molecule has 0 bridgehead atoms. The minimum atomic E-state index is -0.394. The van der Waals surface area contributed by atoms with E-state index in [1.807, 2.05) is 41.8 Å². The minimum absolute atomic E-state index is 0.212. The Labute approximate surface area is 167 Å². The smallest absolute Gasteiger partial charge is 0.220 e. The highest BCUT2D eigenvalue weighted by Gasteiger charge is 2.24. The molecule has 7 nitrogen and oxygen atoms in total. The third-order valence-electron chi connectivity index (χ3n) is 4.59. The largest absolute Gasteiger partial charge is 0.497 e. The maximum Gasteiger partial charge on any atom is 0.220 e. The van der Waals surface area contributed by atoms with Crippen LogP contribution in [0.3, 0.4) is 0 Å². The third-order valence-corrected chi connectivity index (χ3v) is 5.77. The van der Waals surface area contributed by atoms with Gasteiger partial charge in [-0.05, 0) is 61.7 Å². The molecule has 146 valence electrons. The van der Waals surface area contributed by atoms with Crippen LogP contribution in [0.25, 0.3) is 5.69 Å². The maximum atomic E-state index is 11.3. The SMILES string of the molecule is COc1ccc([C@@H](C[N+](=O)[O-])Sc2nnc(C)n2-c2ccc(C)c(C)c2)cc1. The Morgan fingerprint density at radius 3 is 2.43 bits per heavy atom. The first-order valence-corrected chi connectivity index (χ1v) is 9.69. The molecule has 28 heavy (non-hydrogen) atoms. The summed E-state index contributed by atoms with van der Waals surface area (Å²) in [5.74, 6) is 1.45. The van der Waals surface area contributed by atoms with E-state index >= 15 is 0 Å². The number of nitro groups is 1. The van der Waals surface area contributed by atoms with Crippen LogP contribution in [0.1, 0.15) is 27.8 Å². The summed E-state index contributed by atoms with van der Waals surface area (Å²) in [6.07, 6.45) is 0. The zero-order valence-electron chi connectivity index (χ0n) is 16.2. The average molecular weight is 398 g/mol. The lowest BCUT2D eigenvalue weighted by atomic mass is 10.1. The molecule has 1 aromatic heterocycles. The number of aromatic nitrogens is 3. The Hall–Kier alpha value is -2.87. The fourth-order valence-corrected chi connectivity index (χ4v) is 4.05. The average Bonchev–Trinajstić information content (AvgIpc) is 3.03. The topological polar surface area (TPSA) is 83.1 Å². The lowest BCUT2D eigenvalue weighted by Crippen LogP contribution is -2.11. The monoisotopic (exact) mass is 398 g/mol. The van der Waals surface area contributed by atoms with E-state index in [0.29, 0.717) is 10.9 Å². The van der Waals surface area contributed by atoms with Gasteiger partial charge in [0.25, 0.3) is 0 Å². The van der Waals surface area contributed by atoms with Gasteiger partial charge in [-0.2, -0.15) is 0 Å². The lowest BCUT2D eigenvalue weighted by molar-refractivity contribution is -0.479. The first-order chi connectivity index (χ1) is 13.4. The summed E-state index contributed by atoms with van der Waals surface area (Å²) < 4.78 is 7.12. The molecular weight excluding hydrogens is 376 g/mol. The number of hydrogen-bond donors (Lipinski definition) is 0. The molecule has 3 aromatic rings. The maximum absolute atomic E-state index is 11.3. The summed E-state index contributed by atoms with van der Waals surface area (Å²) >= 11 is 1.34. The molecule has 0 fully saturated rings. The van der Waals surface area contributed by atoms with E-state index < -0.39 is 5.25 Å². The highest BCUT2D eigenvalue weighted by Crippen LogP contribution is 2.36. The van der Waals surface area contributed by atoms with Gasteiger partial charge in [0, 0.05) is 10.6 Å². The summed E-state index contributed by atoms with van der Waals surface area (Å²) in [5.41, 5.74) is 4.16. The molecule has 0 spiro atoms. The highest BCUT2D eigenvalue weighted by atomic mass is 32.2. The van der Waals surface area contributed by atoms with Crippen molar-refractivity contribution in [1.29, 1.82) is 0 Å². The molecule has 1 atom stereocenters. The second-order valence-corrected chi connectivity index (χ2v) is 7.70. The second-order valence-electron chi connectivity index (χ2n) is 6.53. The summed E-state index contributed by atoms with van der Waals surface area (Å²) in [7, 11) is 1.59. The third kappa shape index (κ3) is 4.33. The van der Waals surface area contributed by atoms with Crippen molar-refractivity contribution in [3.8, 4) is 11.4 Å². The van der Waals surface area contributed by atoms with Gasteiger partial charge in [-0.15, -0.1) is 10.2 Å². The summed E-state index contributed by atoms with van der Waals surface area (Å²) in [6.45, 7) is 5.78. The van der Waals surface area contributed by atoms with Crippen LogP contribution in [-0.2, 0) is 0 Å². The van der Waals surface area contributed by atoms with Crippen molar-refractivity contribution in [1.82, 2.24) is 14.8 Å². The molecule has 1 heterocycles. The van der Waals surface area contributed by atoms with Gasteiger partial charge < -0.3 is 4.74 Å². The van der Waals surface area contributed by atoms with Gasteiger partial charge in [0.2, 0.25) is 6.54 Å². The Balaban J connectivity index is 1.97. The van der Waals surface area contributed by atoms with Crippen LogP contribution in [0.2, 0.25) is 0 Å². The number of rotatable bonds is 7. The van der Waals surface area contributed by atoms with Gasteiger partial charge in [-0.1, -0.05) is 30.0 Å². The van der Waals surface area contributed by atoms with Crippen LogP contribution in [0.15, 0.2) is 47.6 Å². The molecule has 8 heteroatoms. The molecule has 0 aliphatic rings. The van der Waals surface area contributed by atoms with Crippen molar-refractivity contribution in [3.05, 3.63) is 75.1 Å². The molecule has 0 saturated heterocycles. The minimum Gasteiger partial charge on any atom is -0.497 e. The van der Waals surface area contributed by atoms with Crippen molar-refractivity contribution in [2.45, 2.75) is 31.2 Å². The lowest BCUT2D eigenvalue weighted by Gasteiger charge is -2.15. The van der Waals surface area contributed by atoms with Gasteiger partial charge in [-0.3, -0.25) is 14.7 Å². The van der Waals surface area contributed by atoms with E-state index in [-0.39, 0.29) is 11.5 Å². The van der Waals surface area contributed by atoms with Crippen LogP contribution < -0.4 is 4.74 Å². The predicted octanol–water partition coefficient (Wildman–Crippen LogP) is 4.31.